The van der Waals surface area contributed by atoms with Gasteiger partial charge in [0.1, 0.15) is 11.3 Å². The van der Waals surface area contributed by atoms with E-state index in [1.165, 1.54) is 12.8 Å². The number of carbonyl (C=O) groups excluding carboxylic acids is 1. The van der Waals surface area contributed by atoms with Gasteiger partial charge in [-0.15, -0.1) is 12.4 Å². The number of aryl methyl sites for hydroxylation is 1. The molecule has 0 aliphatic heterocycles. The Hall–Kier alpha value is -2.04. The molecule has 1 saturated carbocycles. The van der Waals surface area contributed by atoms with Gasteiger partial charge in [0.05, 0.1) is 6.61 Å². The smallest absolute Gasteiger partial charge is 0.244 e. The van der Waals surface area contributed by atoms with Crippen molar-refractivity contribution in [2.45, 2.75) is 38.8 Å². The molecule has 0 saturated heterocycles. The Balaban J connectivity index is 0.00000243. The second kappa shape index (κ2) is 8.56. The van der Waals surface area contributed by atoms with Crippen molar-refractivity contribution in [3.63, 3.8) is 0 Å². The number of nitrogens with one attached hydrogen (secondary N) is 1. The van der Waals surface area contributed by atoms with Gasteiger partial charge < -0.3 is 15.8 Å². The molecule has 0 spiro atoms. The number of nitrogens with two attached hydrogens (primary N) is 1. The van der Waals surface area contributed by atoms with Gasteiger partial charge in [-0.05, 0) is 49.8 Å². The Morgan fingerprint density at radius 1 is 1.23 bits per heavy atom. The molecular weight excluding hydrogens is 348 g/mol. The number of amides is 1. The monoisotopic (exact) mass is 374 g/mol. The van der Waals surface area contributed by atoms with E-state index < -0.39 is 5.54 Å². The minimum Gasteiger partial charge on any atom is -0.493 e. The number of rotatable bonds is 7. The molecule has 3 rings (SSSR count). The lowest BCUT2D eigenvalue weighted by Crippen LogP contribution is -2.48. The molecule has 26 heavy (non-hydrogen) atoms. The summed E-state index contributed by atoms with van der Waals surface area (Å²) < 4.78 is 5.96. The summed E-state index contributed by atoms with van der Waals surface area (Å²) >= 11 is 0. The molecule has 0 bridgehead atoms. The topological polar surface area (TPSA) is 64.4 Å². The molecule has 0 radical (unpaired) electrons. The zero-order valence-electron chi connectivity index (χ0n) is 15.3. The van der Waals surface area contributed by atoms with Gasteiger partial charge in [-0.1, -0.05) is 42.5 Å². The van der Waals surface area contributed by atoms with E-state index in [4.69, 9.17) is 10.5 Å². The van der Waals surface area contributed by atoms with Crippen LogP contribution >= 0.6 is 12.4 Å². The predicted molar refractivity (Wildman–Crippen MR) is 106 cm³/mol. The largest absolute Gasteiger partial charge is 0.493 e. The summed E-state index contributed by atoms with van der Waals surface area (Å²) in [6.07, 6.45) is 2.50. The van der Waals surface area contributed by atoms with Crippen molar-refractivity contribution < 1.29 is 9.53 Å². The second-order valence-corrected chi connectivity index (χ2v) is 7.12. The molecule has 1 atom stereocenters. The van der Waals surface area contributed by atoms with Crippen LogP contribution in [0.1, 0.15) is 36.5 Å². The van der Waals surface area contributed by atoms with Gasteiger partial charge >= 0.3 is 0 Å². The van der Waals surface area contributed by atoms with Crippen molar-refractivity contribution in [2.75, 3.05) is 6.61 Å². The highest BCUT2D eigenvalue weighted by molar-refractivity contribution is 5.87. The average Bonchev–Trinajstić information content (AvgIpc) is 3.44. The predicted octanol–water partition coefficient (Wildman–Crippen LogP) is 3.70. The van der Waals surface area contributed by atoms with Crippen LogP contribution in [-0.4, -0.2) is 12.5 Å². The zero-order valence-corrected chi connectivity index (χ0v) is 16.1. The molecule has 5 heteroatoms. The lowest BCUT2D eigenvalue weighted by Gasteiger charge is -2.24. The first-order valence-electron chi connectivity index (χ1n) is 8.82. The third-order valence-electron chi connectivity index (χ3n) is 4.68. The minimum atomic E-state index is -1.07. The highest BCUT2D eigenvalue weighted by Crippen LogP contribution is 2.30. The van der Waals surface area contributed by atoms with Crippen LogP contribution < -0.4 is 15.8 Å². The summed E-state index contributed by atoms with van der Waals surface area (Å²) in [5.74, 6) is 1.34. The maximum Gasteiger partial charge on any atom is 0.244 e. The van der Waals surface area contributed by atoms with Crippen molar-refractivity contribution in [1.82, 2.24) is 5.32 Å². The van der Waals surface area contributed by atoms with Gasteiger partial charge in [-0.2, -0.15) is 0 Å². The standard InChI is InChI=1S/C21H26N2O2.ClH/c1-15-8-11-17(19(12-15)25-14-16-9-10-16)13-23-20(24)21(2,22)18-6-4-3-5-7-18;/h3-8,11-12,16H,9-10,13-14,22H2,1-2H3,(H,23,24);1H. The summed E-state index contributed by atoms with van der Waals surface area (Å²) in [5.41, 5.74) is 8.12. The zero-order chi connectivity index (χ0) is 17.9. The minimum absolute atomic E-state index is 0. The normalized spacial score (nSPS) is 15.5. The van der Waals surface area contributed by atoms with E-state index in [2.05, 4.69) is 5.32 Å². The maximum atomic E-state index is 12.6. The van der Waals surface area contributed by atoms with E-state index in [1.54, 1.807) is 6.92 Å². The summed E-state index contributed by atoms with van der Waals surface area (Å²) in [7, 11) is 0. The lowest BCUT2D eigenvalue weighted by molar-refractivity contribution is -0.126. The molecule has 0 aromatic heterocycles. The molecule has 0 heterocycles. The number of carbonyl (C=O) groups is 1. The lowest BCUT2D eigenvalue weighted by atomic mass is 9.92. The van der Waals surface area contributed by atoms with Crippen LogP contribution in [0.2, 0.25) is 0 Å². The molecule has 4 nitrogen and oxygen atoms in total. The van der Waals surface area contributed by atoms with E-state index in [0.717, 1.165) is 29.0 Å². The van der Waals surface area contributed by atoms with Gasteiger partial charge in [0.25, 0.3) is 0 Å². The van der Waals surface area contributed by atoms with Gasteiger partial charge in [0.2, 0.25) is 5.91 Å². The highest BCUT2D eigenvalue weighted by Gasteiger charge is 2.30. The van der Waals surface area contributed by atoms with Crippen LogP contribution in [0.25, 0.3) is 0 Å². The molecule has 2 aromatic rings. The Labute approximate surface area is 161 Å². The summed E-state index contributed by atoms with van der Waals surface area (Å²) in [6.45, 7) is 4.93. The molecule has 140 valence electrons. The number of hydrogen-bond donors (Lipinski definition) is 2. The van der Waals surface area contributed by atoms with Crippen LogP contribution in [0.3, 0.4) is 0 Å². The third kappa shape index (κ3) is 4.99. The van der Waals surface area contributed by atoms with Crippen LogP contribution in [0.4, 0.5) is 0 Å². The molecule has 2 aromatic carbocycles. The van der Waals surface area contributed by atoms with Crippen molar-refractivity contribution >= 4 is 18.3 Å². The van der Waals surface area contributed by atoms with Crippen molar-refractivity contribution in [3.8, 4) is 5.75 Å². The van der Waals surface area contributed by atoms with Gasteiger partial charge in [-0.3, -0.25) is 4.79 Å². The van der Waals surface area contributed by atoms with Gasteiger partial charge in [0, 0.05) is 12.1 Å². The van der Waals surface area contributed by atoms with Crippen molar-refractivity contribution in [3.05, 3.63) is 65.2 Å². The molecular formula is C21H27ClN2O2. The Bertz CT molecular complexity index is 743. The van der Waals surface area contributed by atoms with Gasteiger partial charge in [0.15, 0.2) is 0 Å². The van der Waals surface area contributed by atoms with Crippen molar-refractivity contribution in [2.24, 2.45) is 11.7 Å². The molecule has 3 N–H and O–H groups in total. The first-order valence-corrected chi connectivity index (χ1v) is 8.82. The number of hydrogen-bond acceptors (Lipinski definition) is 3. The summed E-state index contributed by atoms with van der Waals surface area (Å²) in [6, 6.07) is 15.5. The van der Waals surface area contributed by atoms with Crippen LogP contribution in [-0.2, 0) is 16.9 Å². The SMILES string of the molecule is Cc1ccc(CNC(=O)C(C)(N)c2ccccc2)c(OCC2CC2)c1.Cl. The Morgan fingerprint density at radius 2 is 1.92 bits per heavy atom. The molecule has 1 amide bonds. The number of benzene rings is 2. The molecule has 1 unspecified atom stereocenters. The molecule has 1 fully saturated rings. The van der Waals surface area contributed by atoms with Crippen LogP contribution in [0.5, 0.6) is 5.75 Å². The fourth-order valence-corrected chi connectivity index (χ4v) is 2.71. The first kappa shape index (κ1) is 20.3. The summed E-state index contributed by atoms with van der Waals surface area (Å²) in [4.78, 5) is 12.6. The first-order chi connectivity index (χ1) is 12.0. The fourth-order valence-electron chi connectivity index (χ4n) is 2.71. The fraction of sp³-hybridized carbons (Fsp3) is 0.381. The van der Waals surface area contributed by atoms with Gasteiger partial charge in [-0.25, -0.2) is 0 Å². The van der Waals surface area contributed by atoms with E-state index in [-0.39, 0.29) is 18.3 Å². The molecule has 1 aliphatic rings. The quantitative estimate of drug-likeness (QED) is 0.776. The molecule has 1 aliphatic carbocycles. The average molecular weight is 375 g/mol. The highest BCUT2D eigenvalue weighted by atomic mass is 35.5. The van der Waals surface area contributed by atoms with E-state index in [0.29, 0.717) is 12.5 Å². The Kier molecular flexibility index (Phi) is 6.68. The second-order valence-electron chi connectivity index (χ2n) is 7.12. The van der Waals surface area contributed by atoms with Crippen LogP contribution in [0, 0.1) is 12.8 Å². The summed E-state index contributed by atoms with van der Waals surface area (Å²) in [5, 5.41) is 2.96. The Morgan fingerprint density at radius 3 is 2.58 bits per heavy atom. The maximum absolute atomic E-state index is 12.6. The van der Waals surface area contributed by atoms with E-state index >= 15 is 0 Å². The van der Waals surface area contributed by atoms with Crippen LogP contribution in [0.15, 0.2) is 48.5 Å². The third-order valence-corrected chi connectivity index (χ3v) is 4.68. The van der Waals surface area contributed by atoms with Crippen molar-refractivity contribution in [1.29, 1.82) is 0 Å². The van der Waals surface area contributed by atoms with E-state index in [9.17, 15) is 4.79 Å². The number of ether oxygens (including phenoxy) is 1. The number of halogens is 1. The van der Waals surface area contributed by atoms with E-state index in [1.807, 2.05) is 55.5 Å².